The number of ether oxygens (including phenoxy) is 1. The lowest BCUT2D eigenvalue weighted by molar-refractivity contribution is 0.411. The predicted octanol–water partition coefficient (Wildman–Crippen LogP) is 3.98. The molecule has 5 nitrogen and oxygen atoms in total. The fraction of sp³-hybridized carbons (Fsp3) is 0.333. The molecule has 22 heavy (non-hydrogen) atoms. The van der Waals surface area contributed by atoms with E-state index in [0.29, 0.717) is 16.6 Å². The molecule has 0 radical (unpaired) electrons. The van der Waals surface area contributed by atoms with Crippen molar-refractivity contribution in [2.45, 2.75) is 26.2 Å². The summed E-state index contributed by atoms with van der Waals surface area (Å²) in [6.07, 6.45) is 1.92. The Kier molecular flexibility index (Phi) is 3.52. The summed E-state index contributed by atoms with van der Waals surface area (Å²) in [6.45, 7) is 6.33. The third-order valence-electron chi connectivity index (χ3n) is 3.17. The number of methoxy groups -OCH3 is 1. The van der Waals surface area contributed by atoms with E-state index in [9.17, 15) is 4.39 Å². The van der Waals surface area contributed by atoms with Gasteiger partial charge in [0, 0.05) is 23.2 Å². The van der Waals surface area contributed by atoms with Gasteiger partial charge in [-0.25, -0.2) is 13.9 Å². The van der Waals surface area contributed by atoms with Crippen LogP contribution in [-0.2, 0) is 5.41 Å². The summed E-state index contributed by atoms with van der Waals surface area (Å²) in [5.74, 6) is 0.0945. The zero-order valence-electron chi connectivity index (χ0n) is 12.8. The number of imidazole rings is 1. The molecule has 0 aliphatic heterocycles. The minimum absolute atomic E-state index is 0.0169. The first kappa shape index (κ1) is 14.8. The number of benzene rings is 1. The molecule has 0 fully saturated rings. The van der Waals surface area contributed by atoms with Crippen molar-refractivity contribution in [3.63, 3.8) is 0 Å². The van der Waals surface area contributed by atoms with Crippen LogP contribution in [0.4, 0.5) is 15.2 Å². The Balaban J connectivity index is 1.88. The van der Waals surface area contributed by atoms with Crippen molar-refractivity contribution >= 4 is 27.1 Å². The molecule has 116 valence electrons. The Bertz CT molecular complexity index is 787. The van der Waals surface area contributed by atoms with Gasteiger partial charge in [0.1, 0.15) is 11.6 Å². The second-order valence-electron chi connectivity index (χ2n) is 6.02. The summed E-state index contributed by atoms with van der Waals surface area (Å²) in [4.78, 5) is 5.38. The van der Waals surface area contributed by atoms with Gasteiger partial charge in [-0.2, -0.15) is 0 Å². The zero-order chi connectivity index (χ0) is 15.9. The van der Waals surface area contributed by atoms with E-state index >= 15 is 0 Å². The second kappa shape index (κ2) is 5.24. The summed E-state index contributed by atoms with van der Waals surface area (Å²) in [7, 11) is 1.50. The fourth-order valence-electron chi connectivity index (χ4n) is 1.99. The Morgan fingerprint density at radius 2 is 2.05 bits per heavy atom. The van der Waals surface area contributed by atoms with E-state index in [2.05, 4.69) is 36.2 Å². The lowest BCUT2D eigenvalue weighted by Crippen LogP contribution is -2.11. The van der Waals surface area contributed by atoms with Crippen molar-refractivity contribution in [2.24, 2.45) is 0 Å². The maximum atomic E-state index is 13.5. The van der Waals surface area contributed by atoms with Gasteiger partial charge in [0.2, 0.25) is 10.1 Å². The third kappa shape index (κ3) is 2.89. The molecule has 2 heterocycles. The SMILES string of the molecule is COc1cc(F)cc(Nc2nn3cc(C(C)(C)C)nc3s2)c1. The van der Waals surface area contributed by atoms with Crippen LogP contribution in [0, 0.1) is 5.82 Å². The largest absolute Gasteiger partial charge is 0.497 e. The Morgan fingerprint density at radius 3 is 2.68 bits per heavy atom. The second-order valence-corrected chi connectivity index (χ2v) is 6.97. The van der Waals surface area contributed by atoms with Crippen LogP contribution < -0.4 is 10.1 Å². The minimum Gasteiger partial charge on any atom is -0.497 e. The van der Waals surface area contributed by atoms with Crippen molar-refractivity contribution in [1.29, 1.82) is 0 Å². The number of hydrogen-bond acceptors (Lipinski definition) is 5. The van der Waals surface area contributed by atoms with E-state index in [1.165, 1.54) is 30.6 Å². The van der Waals surface area contributed by atoms with Gasteiger partial charge in [-0.3, -0.25) is 0 Å². The van der Waals surface area contributed by atoms with E-state index in [0.717, 1.165) is 10.7 Å². The Morgan fingerprint density at radius 1 is 1.27 bits per heavy atom. The van der Waals surface area contributed by atoms with Crippen LogP contribution in [0.25, 0.3) is 4.96 Å². The molecule has 0 spiro atoms. The van der Waals surface area contributed by atoms with Gasteiger partial charge >= 0.3 is 0 Å². The Labute approximate surface area is 131 Å². The topological polar surface area (TPSA) is 51.5 Å². The highest BCUT2D eigenvalue weighted by molar-refractivity contribution is 7.20. The molecule has 0 unspecified atom stereocenters. The third-order valence-corrected chi connectivity index (χ3v) is 4.01. The molecule has 0 saturated heterocycles. The highest BCUT2D eigenvalue weighted by Crippen LogP contribution is 2.28. The number of nitrogens with zero attached hydrogens (tertiary/aromatic N) is 3. The standard InChI is InChI=1S/C15H17FN4OS/c1-15(2,3)12-8-20-14(18-12)22-13(19-20)17-10-5-9(16)6-11(7-10)21-4/h5-8H,1-4H3,(H,17,19). The van der Waals surface area contributed by atoms with Gasteiger partial charge in [-0.05, 0) is 6.07 Å². The molecule has 2 aromatic heterocycles. The van der Waals surface area contributed by atoms with Gasteiger partial charge in [-0.1, -0.05) is 32.1 Å². The number of halogens is 1. The lowest BCUT2D eigenvalue weighted by Gasteiger charge is -2.13. The predicted molar refractivity (Wildman–Crippen MR) is 85.8 cm³/mol. The van der Waals surface area contributed by atoms with Crippen LogP contribution in [0.15, 0.2) is 24.4 Å². The molecule has 0 saturated carbocycles. The first-order valence-corrected chi connectivity index (χ1v) is 7.65. The van der Waals surface area contributed by atoms with E-state index < -0.39 is 0 Å². The minimum atomic E-state index is -0.363. The van der Waals surface area contributed by atoms with Crippen LogP contribution >= 0.6 is 11.3 Å². The van der Waals surface area contributed by atoms with Crippen LogP contribution in [-0.4, -0.2) is 21.7 Å². The fourth-order valence-corrected chi connectivity index (χ4v) is 2.79. The molecule has 0 amide bonds. The molecular formula is C15H17FN4OS. The molecule has 0 aliphatic carbocycles. The summed E-state index contributed by atoms with van der Waals surface area (Å²) in [6, 6.07) is 4.44. The molecule has 0 atom stereocenters. The van der Waals surface area contributed by atoms with E-state index in [-0.39, 0.29) is 11.2 Å². The number of nitrogens with one attached hydrogen (secondary N) is 1. The molecule has 1 N–H and O–H groups in total. The van der Waals surface area contributed by atoms with E-state index in [4.69, 9.17) is 4.74 Å². The number of anilines is 2. The number of fused-ring (bicyclic) bond motifs is 1. The molecule has 0 bridgehead atoms. The average molecular weight is 320 g/mol. The number of rotatable bonds is 3. The maximum Gasteiger partial charge on any atom is 0.214 e. The summed E-state index contributed by atoms with van der Waals surface area (Å²) >= 11 is 1.41. The van der Waals surface area contributed by atoms with E-state index in [1.54, 1.807) is 10.6 Å². The lowest BCUT2D eigenvalue weighted by atomic mass is 9.93. The van der Waals surface area contributed by atoms with Crippen molar-refractivity contribution in [1.82, 2.24) is 14.6 Å². The summed E-state index contributed by atoms with van der Waals surface area (Å²) < 4.78 is 20.3. The smallest absolute Gasteiger partial charge is 0.214 e. The van der Waals surface area contributed by atoms with Gasteiger partial charge in [-0.15, -0.1) is 5.10 Å². The van der Waals surface area contributed by atoms with Gasteiger partial charge in [0.15, 0.2) is 0 Å². The highest BCUT2D eigenvalue weighted by Gasteiger charge is 2.19. The molecule has 0 aliphatic rings. The molecule has 3 aromatic rings. The molecule has 1 aromatic carbocycles. The molecular weight excluding hydrogens is 303 g/mol. The quantitative estimate of drug-likeness (QED) is 0.793. The zero-order valence-corrected chi connectivity index (χ0v) is 13.7. The van der Waals surface area contributed by atoms with Crippen molar-refractivity contribution in [3.05, 3.63) is 35.9 Å². The Hall–Kier alpha value is -2.15. The van der Waals surface area contributed by atoms with Crippen molar-refractivity contribution in [3.8, 4) is 5.75 Å². The molecule has 7 heteroatoms. The molecule has 3 rings (SSSR count). The average Bonchev–Trinajstić information content (AvgIpc) is 2.95. The number of aromatic nitrogens is 3. The summed E-state index contributed by atoms with van der Waals surface area (Å²) in [5, 5.41) is 8.15. The summed E-state index contributed by atoms with van der Waals surface area (Å²) in [5.41, 5.74) is 1.56. The van der Waals surface area contributed by atoms with Crippen molar-refractivity contribution < 1.29 is 9.13 Å². The van der Waals surface area contributed by atoms with Crippen LogP contribution in [0.3, 0.4) is 0 Å². The van der Waals surface area contributed by atoms with Gasteiger partial charge in [0.25, 0.3) is 0 Å². The first-order valence-electron chi connectivity index (χ1n) is 6.83. The maximum absolute atomic E-state index is 13.5. The normalized spacial score (nSPS) is 11.9. The highest BCUT2D eigenvalue weighted by atomic mass is 32.1. The van der Waals surface area contributed by atoms with E-state index in [1.807, 2.05) is 6.20 Å². The van der Waals surface area contributed by atoms with Crippen LogP contribution in [0.5, 0.6) is 5.75 Å². The van der Waals surface area contributed by atoms with Crippen molar-refractivity contribution in [2.75, 3.05) is 12.4 Å². The van der Waals surface area contributed by atoms with Crippen LogP contribution in [0.2, 0.25) is 0 Å². The van der Waals surface area contributed by atoms with Gasteiger partial charge in [0.05, 0.1) is 19.0 Å². The number of hydrogen-bond donors (Lipinski definition) is 1. The monoisotopic (exact) mass is 320 g/mol. The van der Waals surface area contributed by atoms with Gasteiger partial charge < -0.3 is 10.1 Å². The van der Waals surface area contributed by atoms with Crippen LogP contribution in [0.1, 0.15) is 26.5 Å². The first-order chi connectivity index (χ1) is 10.3.